The van der Waals surface area contributed by atoms with Crippen LogP contribution in [0.25, 0.3) is 0 Å². The average Bonchev–Trinajstić information content (AvgIpc) is 2.12. The number of nitrogens with two attached hydrogens (primary N) is 1. The number of rotatable bonds is 1. The van der Waals surface area contributed by atoms with E-state index in [2.05, 4.69) is 10.3 Å². The first-order valence-electron chi connectivity index (χ1n) is 3.58. The molecule has 0 atom stereocenters. The zero-order valence-electron chi connectivity index (χ0n) is 6.96. The van der Waals surface area contributed by atoms with Crippen LogP contribution in [0.4, 0.5) is 14.5 Å². The summed E-state index contributed by atoms with van der Waals surface area (Å²) in [5.41, 5.74) is 5.00. The maximum absolute atomic E-state index is 12.9. The number of nitrogens with one attached hydrogen (secondary N) is 1. The van der Waals surface area contributed by atoms with Crippen LogP contribution in [0.3, 0.4) is 0 Å². The van der Waals surface area contributed by atoms with Gasteiger partial charge < -0.3 is 11.1 Å². The van der Waals surface area contributed by atoms with E-state index in [4.69, 9.17) is 11.0 Å². The van der Waals surface area contributed by atoms with Gasteiger partial charge in [0.15, 0.2) is 0 Å². The van der Waals surface area contributed by atoms with Gasteiger partial charge in [0, 0.05) is 6.07 Å². The Morgan fingerprint density at radius 1 is 1.50 bits per heavy atom. The highest BCUT2D eigenvalue weighted by molar-refractivity contribution is 5.92. The fourth-order valence-corrected chi connectivity index (χ4v) is 0.813. The molecule has 0 aliphatic heterocycles. The van der Waals surface area contributed by atoms with Crippen LogP contribution in [0.5, 0.6) is 0 Å². The summed E-state index contributed by atoms with van der Waals surface area (Å²) in [4.78, 5) is 3.09. The molecule has 0 spiro atoms. The number of nitrogens with zero attached hydrogens (tertiary/aromatic N) is 2. The molecule has 1 rings (SSSR count). The van der Waals surface area contributed by atoms with Gasteiger partial charge in [-0.2, -0.15) is 5.26 Å². The molecule has 0 aliphatic rings. The predicted octanol–water partition coefficient (Wildman–Crippen LogP) is 1.17. The number of aliphatic imine (C=N–C) groups is 1. The summed E-state index contributed by atoms with van der Waals surface area (Å²) < 4.78 is 25.6. The molecule has 0 saturated carbocycles. The van der Waals surface area contributed by atoms with Crippen LogP contribution in [0.2, 0.25) is 0 Å². The Hall–Kier alpha value is -2.16. The predicted molar refractivity (Wildman–Crippen MR) is 47.2 cm³/mol. The molecule has 3 N–H and O–H groups in total. The lowest BCUT2D eigenvalue weighted by molar-refractivity contribution is 0.604. The molecule has 0 unspecified atom stereocenters. The Kier molecular flexibility index (Phi) is 2.97. The zero-order valence-corrected chi connectivity index (χ0v) is 6.96. The quantitative estimate of drug-likeness (QED) is 0.402. The van der Waals surface area contributed by atoms with Gasteiger partial charge in [0.2, 0.25) is 12.2 Å². The van der Waals surface area contributed by atoms with E-state index in [9.17, 15) is 8.78 Å². The van der Waals surface area contributed by atoms with Gasteiger partial charge >= 0.3 is 0 Å². The Morgan fingerprint density at radius 2 is 2.21 bits per heavy atom. The van der Waals surface area contributed by atoms with Crippen LogP contribution in [-0.2, 0) is 0 Å². The Labute approximate surface area is 78.7 Å². The highest BCUT2D eigenvalue weighted by Crippen LogP contribution is 2.14. The molecular weight excluding hydrogens is 190 g/mol. The van der Waals surface area contributed by atoms with E-state index in [0.717, 1.165) is 18.2 Å². The van der Waals surface area contributed by atoms with Gasteiger partial charge in [-0.1, -0.05) is 0 Å². The molecule has 0 aromatic heterocycles. The normalized spacial score (nSPS) is 10.8. The molecule has 72 valence electrons. The van der Waals surface area contributed by atoms with Gasteiger partial charge in [-0.15, -0.1) is 4.99 Å². The summed E-state index contributed by atoms with van der Waals surface area (Å²) in [5, 5.41) is 10.4. The lowest BCUT2D eigenvalue weighted by Crippen LogP contribution is -2.22. The molecule has 0 heterocycles. The number of hydrogen-bond acceptors (Lipinski definition) is 2. The molecule has 1 aromatic carbocycles. The Balaban J connectivity index is 2.92. The Bertz CT molecular complexity index is 408. The monoisotopic (exact) mass is 196 g/mol. The number of halogens is 2. The fraction of sp³-hybridized carbons (Fsp3) is 0. The smallest absolute Gasteiger partial charge is 0.209 e. The van der Waals surface area contributed by atoms with Crippen molar-refractivity contribution < 1.29 is 8.78 Å². The maximum Gasteiger partial charge on any atom is 0.209 e. The van der Waals surface area contributed by atoms with Crippen molar-refractivity contribution in [2.24, 2.45) is 10.7 Å². The maximum atomic E-state index is 12.9. The van der Waals surface area contributed by atoms with Crippen LogP contribution in [0, 0.1) is 23.1 Å². The molecule has 6 heteroatoms. The van der Waals surface area contributed by atoms with E-state index < -0.39 is 11.6 Å². The largest absolute Gasteiger partial charge is 0.369 e. The van der Waals surface area contributed by atoms with E-state index in [1.165, 1.54) is 6.19 Å². The average molecular weight is 196 g/mol. The van der Waals surface area contributed by atoms with Gasteiger partial charge in [-0.25, -0.2) is 8.78 Å². The summed E-state index contributed by atoms with van der Waals surface area (Å²) in [6.45, 7) is 0. The summed E-state index contributed by atoms with van der Waals surface area (Å²) in [6, 6.07) is 2.82. The number of hydrogen-bond donors (Lipinski definition) is 2. The van der Waals surface area contributed by atoms with E-state index in [0.29, 0.717) is 0 Å². The first kappa shape index (κ1) is 9.92. The minimum absolute atomic E-state index is 0.165. The molecule has 1 aromatic rings. The molecule has 0 bridgehead atoms. The van der Waals surface area contributed by atoms with Crippen LogP contribution < -0.4 is 11.1 Å². The summed E-state index contributed by atoms with van der Waals surface area (Å²) in [5.74, 6) is -1.59. The topological polar surface area (TPSA) is 74.2 Å². The van der Waals surface area contributed by atoms with Crippen molar-refractivity contribution >= 4 is 11.6 Å². The van der Waals surface area contributed by atoms with Gasteiger partial charge in [0.05, 0.1) is 5.69 Å². The fourth-order valence-electron chi connectivity index (χ4n) is 0.813. The lowest BCUT2D eigenvalue weighted by Gasteiger charge is -2.04. The molecule has 0 saturated heterocycles. The van der Waals surface area contributed by atoms with Gasteiger partial charge in [-0.05, 0) is 12.1 Å². The Morgan fingerprint density at radius 3 is 2.86 bits per heavy atom. The van der Waals surface area contributed by atoms with Crippen LogP contribution in [0.15, 0.2) is 23.2 Å². The van der Waals surface area contributed by atoms with Crippen LogP contribution >= 0.6 is 0 Å². The third-order valence-corrected chi connectivity index (χ3v) is 1.36. The lowest BCUT2D eigenvalue weighted by atomic mass is 10.3. The molecule has 0 fully saturated rings. The first-order chi connectivity index (χ1) is 6.63. The summed E-state index contributed by atoms with van der Waals surface area (Å²) in [6.07, 6.45) is 1.41. The third kappa shape index (κ3) is 2.42. The van der Waals surface area contributed by atoms with E-state index in [1.54, 1.807) is 0 Å². The van der Waals surface area contributed by atoms with Crippen molar-refractivity contribution in [3.63, 3.8) is 0 Å². The molecule has 0 radical (unpaired) electrons. The van der Waals surface area contributed by atoms with E-state index in [-0.39, 0.29) is 11.6 Å². The van der Waals surface area contributed by atoms with Crippen molar-refractivity contribution in [3.8, 4) is 6.19 Å². The number of nitriles is 1. The number of guanidine groups is 1. The molecule has 4 nitrogen and oxygen atoms in total. The number of anilines is 1. The van der Waals surface area contributed by atoms with Gasteiger partial charge in [0.1, 0.15) is 11.6 Å². The molecular formula is C8H6F2N4. The zero-order chi connectivity index (χ0) is 10.6. The second kappa shape index (κ2) is 4.18. The van der Waals surface area contributed by atoms with Crippen molar-refractivity contribution in [1.82, 2.24) is 0 Å². The standard InChI is InChI=1S/C8H6F2N4/c9-5-1-2-6(10)7(3-5)14-8(12)13-4-11/h1-3H,(H3,12,13,14). The van der Waals surface area contributed by atoms with E-state index >= 15 is 0 Å². The van der Waals surface area contributed by atoms with Crippen molar-refractivity contribution in [3.05, 3.63) is 29.8 Å². The third-order valence-electron chi connectivity index (χ3n) is 1.36. The van der Waals surface area contributed by atoms with Crippen LogP contribution in [0.1, 0.15) is 0 Å². The molecule has 14 heavy (non-hydrogen) atoms. The van der Waals surface area contributed by atoms with Gasteiger partial charge in [0.25, 0.3) is 0 Å². The van der Waals surface area contributed by atoms with Gasteiger partial charge in [-0.3, -0.25) is 0 Å². The molecule has 0 aliphatic carbocycles. The van der Waals surface area contributed by atoms with Crippen molar-refractivity contribution in [2.45, 2.75) is 0 Å². The minimum atomic E-state index is -0.678. The highest BCUT2D eigenvalue weighted by atomic mass is 19.1. The van der Waals surface area contributed by atoms with Crippen molar-refractivity contribution in [1.29, 1.82) is 5.26 Å². The van der Waals surface area contributed by atoms with E-state index in [1.807, 2.05) is 0 Å². The second-order valence-corrected chi connectivity index (χ2v) is 2.35. The highest BCUT2D eigenvalue weighted by Gasteiger charge is 2.04. The van der Waals surface area contributed by atoms with Crippen molar-refractivity contribution in [2.75, 3.05) is 5.32 Å². The molecule has 0 amide bonds. The SMILES string of the molecule is N#C/N=C(/N)Nc1cc(F)ccc1F. The van der Waals surface area contributed by atoms with Crippen LogP contribution in [-0.4, -0.2) is 5.96 Å². The summed E-state index contributed by atoms with van der Waals surface area (Å²) >= 11 is 0. The minimum Gasteiger partial charge on any atom is -0.369 e. The first-order valence-corrected chi connectivity index (χ1v) is 3.58. The summed E-state index contributed by atoms with van der Waals surface area (Å²) in [7, 11) is 0. The number of benzene rings is 1. The second-order valence-electron chi connectivity index (χ2n) is 2.35.